The minimum atomic E-state index is -1.11. The maximum absolute atomic E-state index is 11.7. The molecule has 3 N–H and O–H groups in total. The maximum atomic E-state index is 11.7. The Morgan fingerprint density at radius 3 is 2.33 bits per heavy atom. The summed E-state index contributed by atoms with van der Waals surface area (Å²) in [6.45, 7) is 2.21. The average molecular weight is 301 g/mol. The fraction of sp³-hybridized carbons (Fsp3) is 0.667. The van der Waals surface area contributed by atoms with Gasteiger partial charge in [-0.25, -0.2) is 4.79 Å². The van der Waals surface area contributed by atoms with Gasteiger partial charge < -0.3 is 20.1 Å². The quantitative estimate of drug-likeness (QED) is 0.573. The number of carbonyl (C=O) groups excluding carboxylic acids is 3. The molecular weight excluding hydrogens is 282 g/mol. The lowest BCUT2D eigenvalue weighted by molar-refractivity contribution is -0.138. The molecule has 0 aromatic carbocycles. The molecule has 0 aromatic heterocycles. The van der Waals surface area contributed by atoms with Crippen LogP contribution in [0.5, 0.6) is 0 Å². The molecule has 118 valence electrons. The van der Waals surface area contributed by atoms with Crippen LogP contribution < -0.4 is 10.6 Å². The van der Waals surface area contributed by atoms with Gasteiger partial charge in [-0.3, -0.25) is 19.7 Å². The fourth-order valence-corrected chi connectivity index (χ4v) is 1.71. The van der Waals surface area contributed by atoms with E-state index in [4.69, 9.17) is 9.84 Å². The van der Waals surface area contributed by atoms with Gasteiger partial charge in [0.1, 0.15) is 0 Å². The van der Waals surface area contributed by atoms with Gasteiger partial charge in [0.2, 0.25) is 11.8 Å². The van der Waals surface area contributed by atoms with E-state index in [0.717, 1.165) is 0 Å². The standard InChI is InChI=1S/C12H19N3O6/c16-9(1-2-11(18)19)14-12(20)13-4-3-10(17)15-5-7-21-8-6-15/h1-8H2,(H,18,19)(H2,13,14,16,20). The molecule has 0 saturated carbocycles. The van der Waals surface area contributed by atoms with Crippen molar-refractivity contribution in [1.82, 2.24) is 15.5 Å². The van der Waals surface area contributed by atoms with E-state index in [2.05, 4.69) is 5.32 Å². The van der Waals surface area contributed by atoms with E-state index in [9.17, 15) is 19.2 Å². The Labute approximate surface area is 121 Å². The van der Waals surface area contributed by atoms with Gasteiger partial charge in [0.25, 0.3) is 0 Å². The number of ether oxygens (including phenoxy) is 1. The van der Waals surface area contributed by atoms with Gasteiger partial charge in [-0.05, 0) is 0 Å². The third kappa shape index (κ3) is 7.25. The molecule has 1 fully saturated rings. The van der Waals surface area contributed by atoms with Gasteiger partial charge in [0.05, 0.1) is 19.6 Å². The third-order valence-corrected chi connectivity index (χ3v) is 2.81. The number of rotatable bonds is 6. The fourth-order valence-electron chi connectivity index (χ4n) is 1.71. The number of hydrogen-bond acceptors (Lipinski definition) is 5. The monoisotopic (exact) mass is 301 g/mol. The lowest BCUT2D eigenvalue weighted by Crippen LogP contribution is -2.44. The zero-order valence-electron chi connectivity index (χ0n) is 11.6. The van der Waals surface area contributed by atoms with E-state index in [1.807, 2.05) is 5.32 Å². The summed E-state index contributed by atoms with van der Waals surface area (Å²) in [5, 5.41) is 12.8. The average Bonchev–Trinajstić information content (AvgIpc) is 2.46. The molecule has 4 amide bonds. The molecular formula is C12H19N3O6. The van der Waals surface area contributed by atoms with Crippen LogP contribution in [0.4, 0.5) is 4.79 Å². The molecule has 0 atom stereocenters. The van der Waals surface area contributed by atoms with Crippen LogP contribution in [0.3, 0.4) is 0 Å². The lowest BCUT2D eigenvalue weighted by Gasteiger charge is -2.26. The summed E-state index contributed by atoms with van der Waals surface area (Å²) in [7, 11) is 0. The number of morpholine rings is 1. The van der Waals surface area contributed by atoms with E-state index in [1.165, 1.54) is 0 Å². The van der Waals surface area contributed by atoms with Crippen molar-refractivity contribution in [3.63, 3.8) is 0 Å². The van der Waals surface area contributed by atoms with Gasteiger partial charge in [0.15, 0.2) is 0 Å². The molecule has 0 radical (unpaired) electrons. The highest BCUT2D eigenvalue weighted by Crippen LogP contribution is 1.99. The molecule has 1 aliphatic rings. The third-order valence-electron chi connectivity index (χ3n) is 2.81. The molecule has 1 rings (SSSR count). The lowest BCUT2D eigenvalue weighted by atomic mass is 10.3. The number of carboxylic acids is 1. The Hall–Kier alpha value is -2.16. The summed E-state index contributed by atoms with van der Waals surface area (Å²) < 4.78 is 5.12. The summed E-state index contributed by atoms with van der Waals surface area (Å²) in [6.07, 6.45) is -0.471. The highest BCUT2D eigenvalue weighted by atomic mass is 16.5. The number of amides is 4. The normalized spacial score (nSPS) is 14.4. The minimum Gasteiger partial charge on any atom is -0.481 e. The van der Waals surface area contributed by atoms with Crippen LogP contribution in [-0.2, 0) is 19.1 Å². The van der Waals surface area contributed by atoms with E-state index in [0.29, 0.717) is 26.3 Å². The topological polar surface area (TPSA) is 125 Å². The molecule has 0 unspecified atom stereocenters. The Bertz CT molecular complexity index is 406. The van der Waals surface area contributed by atoms with Crippen molar-refractivity contribution in [3.05, 3.63) is 0 Å². The predicted molar refractivity (Wildman–Crippen MR) is 70.4 cm³/mol. The smallest absolute Gasteiger partial charge is 0.321 e. The van der Waals surface area contributed by atoms with E-state index >= 15 is 0 Å². The van der Waals surface area contributed by atoms with Crippen LogP contribution in [0.25, 0.3) is 0 Å². The number of carbonyl (C=O) groups is 4. The Kier molecular flexibility index (Phi) is 7.16. The highest BCUT2D eigenvalue weighted by Gasteiger charge is 2.16. The number of imide groups is 1. The van der Waals surface area contributed by atoms with Crippen LogP contribution in [0, 0.1) is 0 Å². The van der Waals surface area contributed by atoms with Gasteiger partial charge in [-0.15, -0.1) is 0 Å². The zero-order valence-corrected chi connectivity index (χ0v) is 11.6. The number of urea groups is 1. The first-order valence-electron chi connectivity index (χ1n) is 6.64. The minimum absolute atomic E-state index is 0.0872. The van der Waals surface area contributed by atoms with Crippen LogP contribution in [-0.4, -0.2) is 66.7 Å². The van der Waals surface area contributed by atoms with Crippen molar-refractivity contribution in [2.45, 2.75) is 19.3 Å². The summed E-state index contributed by atoms with van der Waals surface area (Å²) in [6, 6.07) is -0.736. The van der Waals surface area contributed by atoms with Crippen LogP contribution in [0.2, 0.25) is 0 Å². The zero-order chi connectivity index (χ0) is 15.7. The summed E-state index contributed by atoms with van der Waals surface area (Å²) >= 11 is 0. The summed E-state index contributed by atoms with van der Waals surface area (Å²) in [5.74, 6) is -1.87. The summed E-state index contributed by atoms with van der Waals surface area (Å²) in [5.41, 5.74) is 0. The number of hydrogen-bond donors (Lipinski definition) is 3. The first-order chi connectivity index (χ1) is 9.99. The number of nitrogens with zero attached hydrogens (tertiary/aromatic N) is 1. The van der Waals surface area contributed by atoms with Crippen molar-refractivity contribution in [2.75, 3.05) is 32.8 Å². The van der Waals surface area contributed by atoms with Gasteiger partial charge in [-0.1, -0.05) is 0 Å². The second kappa shape index (κ2) is 8.90. The molecule has 1 heterocycles. The highest BCUT2D eigenvalue weighted by molar-refractivity contribution is 5.95. The predicted octanol–water partition coefficient (Wildman–Crippen LogP) is -1.07. The first-order valence-corrected chi connectivity index (χ1v) is 6.64. The molecule has 0 aromatic rings. The van der Waals surface area contributed by atoms with Crippen LogP contribution in [0.15, 0.2) is 0 Å². The van der Waals surface area contributed by atoms with Crippen LogP contribution in [0.1, 0.15) is 19.3 Å². The molecule has 21 heavy (non-hydrogen) atoms. The number of aliphatic carboxylic acids is 1. The van der Waals surface area contributed by atoms with Gasteiger partial charge >= 0.3 is 12.0 Å². The second-order valence-electron chi connectivity index (χ2n) is 4.44. The Balaban J connectivity index is 2.13. The maximum Gasteiger partial charge on any atom is 0.321 e. The molecule has 0 spiro atoms. The van der Waals surface area contributed by atoms with E-state index in [-0.39, 0.29) is 31.7 Å². The van der Waals surface area contributed by atoms with Crippen molar-refractivity contribution in [1.29, 1.82) is 0 Å². The first kappa shape index (κ1) is 16.9. The van der Waals surface area contributed by atoms with Crippen molar-refractivity contribution >= 4 is 23.8 Å². The Morgan fingerprint density at radius 1 is 1.05 bits per heavy atom. The molecule has 0 bridgehead atoms. The van der Waals surface area contributed by atoms with Crippen molar-refractivity contribution < 1.29 is 29.0 Å². The molecule has 9 nitrogen and oxygen atoms in total. The van der Waals surface area contributed by atoms with Gasteiger partial charge in [0, 0.05) is 32.5 Å². The molecule has 1 aliphatic heterocycles. The number of carboxylic acid groups (broad SMARTS) is 1. The number of nitrogens with one attached hydrogen (secondary N) is 2. The molecule has 0 aliphatic carbocycles. The van der Waals surface area contributed by atoms with Gasteiger partial charge in [-0.2, -0.15) is 0 Å². The van der Waals surface area contributed by atoms with Crippen molar-refractivity contribution in [3.8, 4) is 0 Å². The summed E-state index contributed by atoms with van der Waals surface area (Å²) in [4.78, 5) is 46.2. The molecule has 9 heteroatoms. The Morgan fingerprint density at radius 2 is 1.71 bits per heavy atom. The largest absolute Gasteiger partial charge is 0.481 e. The second-order valence-corrected chi connectivity index (χ2v) is 4.44. The van der Waals surface area contributed by atoms with Crippen molar-refractivity contribution in [2.24, 2.45) is 0 Å². The van der Waals surface area contributed by atoms with E-state index in [1.54, 1.807) is 4.90 Å². The molecule has 1 saturated heterocycles. The van der Waals surface area contributed by atoms with E-state index < -0.39 is 17.9 Å². The SMILES string of the molecule is O=C(O)CCC(=O)NC(=O)NCCC(=O)N1CCOCC1. The van der Waals surface area contributed by atoms with Crippen LogP contribution >= 0.6 is 0 Å².